The number of hydrogen-bond donors (Lipinski definition) is 2. The van der Waals surface area contributed by atoms with Gasteiger partial charge in [0.15, 0.2) is 0 Å². The average molecular weight is 205 g/mol. The molecule has 1 unspecified atom stereocenters. The third-order valence-corrected chi connectivity index (χ3v) is 2.60. The number of aryl methyl sites for hydroxylation is 1. The Hall–Kier alpha value is -1.32. The molecule has 1 aromatic heterocycles. The van der Waals surface area contributed by atoms with E-state index in [0.717, 1.165) is 11.0 Å². The van der Waals surface area contributed by atoms with Crippen LogP contribution >= 0.6 is 0 Å². The van der Waals surface area contributed by atoms with Gasteiger partial charge in [-0.25, -0.2) is 0 Å². The minimum Gasteiger partial charge on any atom is -0.458 e. The van der Waals surface area contributed by atoms with Crippen LogP contribution in [0.25, 0.3) is 11.0 Å². The lowest BCUT2D eigenvalue weighted by molar-refractivity contribution is 0.0449. The standard InChI is InChI=1S/C12H15NO2/c1-8-3-4-10-9(5-8)6-11(15-10)12(2,14)7-13/h3-6,14H,7,13H2,1-2H3. The summed E-state index contributed by atoms with van der Waals surface area (Å²) in [6.45, 7) is 3.82. The normalized spacial score (nSPS) is 15.5. The fraction of sp³-hybridized carbons (Fsp3) is 0.333. The van der Waals surface area contributed by atoms with E-state index in [-0.39, 0.29) is 6.54 Å². The molecule has 0 saturated heterocycles. The summed E-state index contributed by atoms with van der Waals surface area (Å²) in [6, 6.07) is 7.75. The number of aliphatic hydroxyl groups is 1. The highest BCUT2D eigenvalue weighted by Crippen LogP contribution is 2.27. The largest absolute Gasteiger partial charge is 0.458 e. The average Bonchev–Trinajstić information content (AvgIpc) is 2.61. The molecule has 0 aliphatic heterocycles. The maximum Gasteiger partial charge on any atom is 0.137 e. The molecule has 0 amide bonds. The highest BCUT2D eigenvalue weighted by molar-refractivity contribution is 5.78. The summed E-state index contributed by atoms with van der Waals surface area (Å²) < 4.78 is 5.55. The van der Waals surface area contributed by atoms with Gasteiger partial charge < -0.3 is 15.3 Å². The number of benzene rings is 1. The van der Waals surface area contributed by atoms with Gasteiger partial charge >= 0.3 is 0 Å². The second-order valence-corrected chi connectivity index (χ2v) is 4.13. The summed E-state index contributed by atoms with van der Waals surface area (Å²) in [5.41, 5.74) is 6.34. The van der Waals surface area contributed by atoms with Crippen molar-refractivity contribution in [2.24, 2.45) is 5.73 Å². The highest BCUT2D eigenvalue weighted by atomic mass is 16.4. The lowest BCUT2D eigenvalue weighted by atomic mass is 10.0. The molecule has 2 rings (SSSR count). The molecule has 2 aromatic rings. The Morgan fingerprint density at radius 1 is 1.40 bits per heavy atom. The fourth-order valence-electron chi connectivity index (χ4n) is 1.53. The van der Waals surface area contributed by atoms with E-state index in [9.17, 15) is 5.11 Å². The first-order valence-corrected chi connectivity index (χ1v) is 4.96. The molecule has 0 saturated carbocycles. The molecule has 1 aromatic carbocycles. The molecule has 0 fully saturated rings. The van der Waals surface area contributed by atoms with Crippen LogP contribution in [0.3, 0.4) is 0 Å². The van der Waals surface area contributed by atoms with E-state index in [1.165, 1.54) is 5.56 Å². The molecule has 15 heavy (non-hydrogen) atoms. The minimum absolute atomic E-state index is 0.145. The third-order valence-electron chi connectivity index (χ3n) is 2.60. The topological polar surface area (TPSA) is 59.4 Å². The Kier molecular flexibility index (Phi) is 2.29. The van der Waals surface area contributed by atoms with Crippen molar-refractivity contribution in [1.29, 1.82) is 0 Å². The fourth-order valence-corrected chi connectivity index (χ4v) is 1.53. The number of hydrogen-bond acceptors (Lipinski definition) is 3. The van der Waals surface area contributed by atoms with Crippen molar-refractivity contribution in [2.45, 2.75) is 19.4 Å². The number of fused-ring (bicyclic) bond motifs is 1. The van der Waals surface area contributed by atoms with Gasteiger partial charge in [0.25, 0.3) is 0 Å². The molecular formula is C12H15NO2. The maximum atomic E-state index is 9.95. The zero-order chi connectivity index (χ0) is 11.1. The second-order valence-electron chi connectivity index (χ2n) is 4.13. The van der Waals surface area contributed by atoms with Crippen LogP contribution in [0.2, 0.25) is 0 Å². The van der Waals surface area contributed by atoms with Crippen molar-refractivity contribution in [3.63, 3.8) is 0 Å². The van der Waals surface area contributed by atoms with Gasteiger partial charge in [0.2, 0.25) is 0 Å². The summed E-state index contributed by atoms with van der Waals surface area (Å²) in [5, 5.41) is 10.9. The Morgan fingerprint density at radius 3 is 2.80 bits per heavy atom. The molecule has 1 heterocycles. The Morgan fingerprint density at radius 2 is 2.13 bits per heavy atom. The molecular weight excluding hydrogens is 190 g/mol. The van der Waals surface area contributed by atoms with Gasteiger partial charge in [-0.05, 0) is 32.0 Å². The van der Waals surface area contributed by atoms with E-state index in [1.54, 1.807) is 6.92 Å². The number of furan rings is 1. The molecule has 3 N–H and O–H groups in total. The van der Waals surface area contributed by atoms with Gasteiger partial charge in [-0.2, -0.15) is 0 Å². The van der Waals surface area contributed by atoms with Crippen molar-refractivity contribution in [3.05, 3.63) is 35.6 Å². The van der Waals surface area contributed by atoms with Crippen LogP contribution in [0.15, 0.2) is 28.7 Å². The summed E-state index contributed by atoms with van der Waals surface area (Å²) in [7, 11) is 0. The SMILES string of the molecule is Cc1ccc2oc(C(C)(O)CN)cc2c1. The minimum atomic E-state index is -1.09. The first-order chi connectivity index (χ1) is 7.03. The third kappa shape index (κ3) is 1.76. The van der Waals surface area contributed by atoms with Gasteiger partial charge in [-0.1, -0.05) is 11.6 Å². The Labute approximate surface area is 88.5 Å². The highest BCUT2D eigenvalue weighted by Gasteiger charge is 2.25. The molecule has 3 nitrogen and oxygen atoms in total. The lowest BCUT2D eigenvalue weighted by Gasteiger charge is -2.17. The molecule has 3 heteroatoms. The van der Waals surface area contributed by atoms with Gasteiger partial charge in [0.05, 0.1) is 0 Å². The zero-order valence-electron chi connectivity index (χ0n) is 8.95. The molecule has 0 radical (unpaired) electrons. The number of nitrogens with two attached hydrogens (primary N) is 1. The first-order valence-electron chi connectivity index (χ1n) is 4.96. The second kappa shape index (κ2) is 3.36. The molecule has 80 valence electrons. The molecule has 0 bridgehead atoms. The van der Waals surface area contributed by atoms with Gasteiger partial charge in [-0.3, -0.25) is 0 Å². The Balaban J connectivity index is 2.56. The van der Waals surface area contributed by atoms with E-state index in [1.807, 2.05) is 31.2 Å². The molecule has 0 aliphatic rings. The first kappa shape index (κ1) is 10.2. The summed E-state index contributed by atoms with van der Waals surface area (Å²) >= 11 is 0. The predicted molar refractivity (Wildman–Crippen MR) is 59.6 cm³/mol. The van der Waals surface area contributed by atoms with Crippen molar-refractivity contribution in [1.82, 2.24) is 0 Å². The van der Waals surface area contributed by atoms with E-state index >= 15 is 0 Å². The summed E-state index contributed by atoms with van der Waals surface area (Å²) in [5.74, 6) is 0.519. The van der Waals surface area contributed by atoms with E-state index in [0.29, 0.717) is 5.76 Å². The molecule has 0 aliphatic carbocycles. The van der Waals surface area contributed by atoms with E-state index in [4.69, 9.17) is 10.2 Å². The predicted octanol–water partition coefficient (Wildman–Crippen LogP) is 1.91. The van der Waals surface area contributed by atoms with Crippen LogP contribution in [0.4, 0.5) is 0 Å². The Bertz CT molecular complexity index is 485. The number of rotatable bonds is 2. The van der Waals surface area contributed by atoms with E-state index in [2.05, 4.69) is 0 Å². The lowest BCUT2D eigenvalue weighted by Crippen LogP contribution is -2.30. The zero-order valence-corrected chi connectivity index (χ0v) is 8.95. The van der Waals surface area contributed by atoms with Crippen LogP contribution < -0.4 is 5.73 Å². The van der Waals surface area contributed by atoms with Crippen molar-refractivity contribution >= 4 is 11.0 Å². The van der Waals surface area contributed by atoms with Crippen LogP contribution in [-0.2, 0) is 5.60 Å². The van der Waals surface area contributed by atoms with Gasteiger partial charge in [0.1, 0.15) is 16.9 Å². The van der Waals surface area contributed by atoms with Crippen LogP contribution in [0.1, 0.15) is 18.2 Å². The quantitative estimate of drug-likeness (QED) is 0.787. The van der Waals surface area contributed by atoms with Crippen molar-refractivity contribution in [3.8, 4) is 0 Å². The monoisotopic (exact) mass is 205 g/mol. The van der Waals surface area contributed by atoms with Crippen molar-refractivity contribution < 1.29 is 9.52 Å². The van der Waals surface area contributed by atoms with Gasteiger partial charge in [0, 0.05) is 11.9 Å². The van der Waals surface area contributed by atoms with Crippen LogP contribution in [-0.4, -0.2) is 11.7 Å². The van der Waals surface area contributed by atoms with Crippen LogP contribution in [0, 0.1) is 6.92 Å². The summed E-state index contributed by atoms with van der Waals surface area (Å²) in [6.07, 6.45) is 0. The van der Waals surface area contributed by atoms with Crippen molar-refractivity contribution in [2.75, 3.05) is 6.54 Å². The maximum absolute atomic E-state index is 9.95. The van der Waals surface area contributed by atoms with E-state index < -0.39 is 5.60 Å². The van der Waals surface area contributed by atoms with Gasteiger partial charge in [-0.15, -0.1) is 0 Å². The van der Waals surface area contributed by atoms with Crippen LogP contribution in [0.5, 0.6) is 0 Å². The molecule has 1 atom stereocenters. The molecule has 0 spiro atoms. The summed E-state index contributed by atoms with van der Waals surface area (Å²) in [4.78, 5) is 0. The smallest absolute Gasteiger partial charge is 0.137 e.